The van der Waals surface area contributed by atoms with Crippen LogP contribution in [-0.2, 0) is 14.3 Å². The maximum absolute atomic E-state index is 13.7. The van der Waals surface area contributed by atoms with Crippen LogP contribution in [0.15, 0.2) is 0 Å². The van der Waals surface area contributed by atoms with E-state index >= 15 is 0 Å². The van der Waals surface area contributed by atoms with Crippen molar-refractivity contribution in [2.45, 2.75) is 124 Å². The summed E-state index contributed by atoms with van der Waals surface area (Å²) in [5, 5.41) is 12.2. The summed E-state index contributed by atoms with van der Waals surface area (Å²) < 4.78 is 6.62. The molecule has 1 heterocycles. The van der Waals surface area contributed by atoms with Crippen LogP contribution in [0, 0.1) is 50.2 Å². The Kier molecular flexibility index (Phi) is 7.36. The minimum atomic E-state index is -0.769. The average Bonchev–Trinajstić information content (AvgIpc) is 2.99. The van der Waals surface area contributed by atoms with Gasteiger partial charge in [-0.05, 0) is 85.9 Å². The number of esters is 1. The SMILES string of the molecule is CC1(C)CC[C@@]23CC[C@]4(C)[C@@](OC2=O)(C3C1)[C@@H](O)CC1[C@@]2(C)CCC(=O)C(C)(C)C2CC[C@]14C.I[I-]I. The van der Waals surface area contributed by atoms with Gasteiger partial charge in [0.05, 0.1) is 11.5 Å². The van der Waals surface area contributed by atoms with E-state index in [1.165, 1.54) is 0 Å². The summed E-state index contributed by atoms with van der Waals surface area (Å²) in [4.78, 5) is 26.6. The van der Waals surface area contributed by atoms with Crippen molar-refractivity contribution < 1.29 is 32.7 Å². The van der Waals surface area contributed by atoms with E-state index in [4.69, 9.17) is 4.74 Å². The van der Waals surface area contributed by atoms with E-state index in [2.05, 4.69) is 85.7 Å². The number of Topliss-reactive ketones (excluding diaryl/α,β-unsaturated/α-hetero) is 1. The first-order valence-electron chi connectivity index (χ1n) is 14.3. The summed E-state index contributed by atoms with van der Waals surface area (Å²) in [7, 11) is 0. The van der Waals surface area contributed by atoms with Gasteiger partial charge in [0.2, 0.25) is 0 Å². The topological polar surface area (TPSA) is 63.6 Å². The van der Waals surface area contributed by atoms with Gasteiger partial charge >= 0.3 is 56.5 Å². The van der Waals surface area contributed by atoms with E-state index in [9.17, 15) is 14.7 Å². The van der Waals surface area contributed by atoms with Crippen molar-refractivity contribution in [3.05, 3.63) is 0 Å². The average molecular weight is 851 g/mol. The molecule has 5 saturated carbocycles. The summed E-state index contributed by atoms with van der Waals surface area (Å²) in [5.74, 6) is 1.20. The number of ketones is 1. The van der Waals surface area contributed by atoms with Crippen LogP contribution in [0.2, 0.25) is 0 Å². The maximum atomic E-state index is 13.7. The molecule has 0 aromatic rings. The van der Waals surface area contributed by atoms with Gasteiger partial charge in [0.25, 0.3) is 0 Å². The van der Waals surface area contributed by atoms with Gasteiger partial charge in [-0.1, -0.05) is 48.5 Å². The molecule has 37 heavy (non-hydrogen) atoms. The number of ether oxygens (including phenoxy) is 1. The third kappa shape index (κ3) is 3.62. The molecule has 7 heteroatoms. The van der Waals surface area contributed by atoms with Gasteiger partial charge in [0, 0.05) is 23.2 Å². The van der Waals surface area contributed by atoms with E-state index in [-0.39, 0.29) is 44.4 Å². The Morgan fingerprint density at radius 2 is 1.49 bits per heavy atom. The second-order valence-electron chi connectivity index (χ2n) is 15.6. The number of halogens is 3. The number of rotatable bonds is 0. The van der Waals surface area contributed by atoms with Crippen LogP contribution < -0.4 is 13.3 Å². The number of hydrogen-bond acceptors (Lipinski definition) is 4. The molecule has 5 aliphatic carbocycles. The molecule has 1 aliphatic heterocycles. The molecule has 6 rings (SSSR count). The number of fused-ring (bicyclic) bond motifs is 4. The Morgan fingerprint density at radius 1 is 0.865 bits per heavy atom. The molecule has 9 atom stereocenters. The van der Waals surface area contributed by atoms with E-state index in [0.717, 1.165) is 51.4 Å². The third-order valence-corrected chi connectivity index (χ3v) is 13.8. The van der Waals surface area contributed by atoms with Gasteiger partial charge < -0.3 is 9.84 Å². The minimum absolute atomic E-state index is 0.0119. The van der Waals surface area contributed by atoms with Crippen LogP contribution in [0.5, 0.6) is 0 Å². The molecule has 1 N–H and O–H groups in total. The van der Waals surface area contributed by atoms with Crippen molar-refractivity contribution in [2.24, 2.45) is 50.2 Å². The molecular weight excluding hydrogens is 805 g/mol. The fourth-order valence-electron chi connectivity index (χ4n) is 11.6. The zero-order chi connectivity index (χ0) is 27.4. The quantitative estimate of drug-likeness (QED) is 0.280. The molecule has 1 spiro atoms. The first-order chi connectivity index (χ1) is 17.0. The van der Waals surface area contributed by atoms with Gasteiger partial charge in [-0.3, -0.25) is 9.59 Å². The fourth-order valence-corrected chi connectivity index (χ4v) is 11.6. The van der Waals surface area contributed by atoms with Crippen LogP contribution in [0.1, 0.15) is 113 Å². The van der Waals surface area contributed by atoms with Gasteiger partial charge in [-0.25, -0.2) is 0 Å². The van der Waals surface area contributed by atoms with Crippen LogP contribution >= 0.6 is 37.2 Å². The Labute approximate surface area is 254 Å². The molecule has 0 radical (unpaired) electrons. The summed E-state index contributed by atoms with van der Waals surface area (Å²) in [6.07, 6.45) is 8.56. The number of carbonyl (C=O) groups is 2. The first-order valence-corrected chi connectivity index (χ1v) is 26.9. The van der Waals surface area contributed by atoms with Crippen LogP contribution in [0.3, 0.4) is 0 Å². The zero-order valence-corrected chi connectivity index (χ0v) is 30.2. The van der Waals surface area contributed by atoms with Crippen molar-refractivity contribution in [1.29, 1.82) is 0 Å². The van der Waals surface area contributed by atoms with Crippen LogP contribution in [-0.4, -0.2) is 28.6 Å². The van der Waals surface area contributed by atoms with Crippen LogP contribution in [0.25, 0.3) is 0 Å². The molecule has 1 saturated heterocycles. The predicted molar refractivity (Wildman–Crippen MR) is 159 cm³/mol. The molecular formula is C30H46I3O4-. The molecule has 3 unspecified atom stereocenters. The van der Waals surface area contributed by atoms with Gasteiger partial charge in [-0.15, -0.1) is 0 Å². The Balaban J connectivity index is 0.000000892. The standard InChI is InChI=1S/C30H46O4.I3/c1-24(2)12-14-29-15-13-28(7)27(6)11-8-18-25(3,4)21(31)9-10-26(18,5)19(27)16-22(32)30(28,20(29)17-24)34-23(29)33;1-3-2/h18-20,22,32H,8-17H2,1-7H3;/q;-1/t18?,19?,20?,22-,26-,27+,28-,29-,30+;/m0./s1. The summed E-state index contributed by atoms with van der Waals surface area (Å²) >= 11 is 5.30. The molecule has 0 aromatic heterocycles. The van der Waals surface area contributed by atoms with E-state index in [0.29, 0.717) is 43.7 Å². The van der Waals surface area contributed by atoms with E-state index in [1.807, 2.05) is 0 Å². The van der Waals surface area contributed by atoms with Crippen molar-refractivity contribution in [1.82, 2.24) is 0 Å². The Morgan fingerprint density at radius 3 is 2.14 bits per heavy atom. The van der Waals surface area contributed by atoms with Crippen molar-refractivity contribution >= 4 is 49.0 Å². The number of hydrogen-bond donors (Lipinski definition) is 1. The van der Waals surface area contributed by atoms with Gasteiger partial charge in [-0.2, -0.15) is 0 Å². The molecule has 0 aromatic carbocycles. The fraction of sp³-hybridized carbons (Fsp3) is 0.933. The summed E-state index contributed by atoms with van der Waals surface area (Å²) in [5.41, 5.74) is -1.54. The molecule has 6 fully saturated rings. The molecule has 212 valence electrons. The molecule has 4 nitrogen and oxygen atoms in total. The Hall–Kier alpha value is 1.29. The van der Waals surface area contributed by atoms with E-state index in [1.54, 1.807) is 0 Å². The third-order valence-electron chi connectivity index (χ3n) is 13.8. The second-order valence-corrected chi connectivity index (χ2v) is 31.9. The normalized spacial score (nSPS) is 53.0. The van der Waals surface area contributed by atoms with Crippen molar-refractivity contribution in [3.8, 4) is 0 Å². The monoisotopic (exact) mass is 851 g/mol. The Bertz CT molecular complexity index is 997. The van der Waals surface area contributed by atoms with Crippen LogP contribution in [0.4, 0.5) is 0 Å². The van der Waals surface area contributed by atoms with Gasteiger partial charge in [0.1, 0.15) is 11.4 Å². The molecule has 2 bridgehead atoms. The van der Waals surface area contributed by atoms with Crippen molar-refractivity contribution in [3.63, 3.8) is 0 Å². The van der Waals surface area contributed by atoms with Gasteiger partial charge in [0.15, 0.2) is 0 Å². The zero-order valence-electron chi connectivity index (χ0n) is 23.7. The summed E-state index contributed by atoms with van der Waals surface area (Å²) in [6.45, 7) is 16.3. The number of carbonyl (C=O) groups excluding carboxylic acids is 2. The van der Waals surface area contributed by atoms with E-state index < -0.39 is 11.7 Å². The molecule has 0 amide bonds. The van der Waals surface area contributed by atoms with Crippen molar-refractivity contribution in [2.75, 3.05) is 0 Å². The predicted octanol–water partition coefficient (Wildman–Crippen LogP) is 4.86. The second kappa shape index (κ2) is 9.14. The first kappa shape index (κ1) is 29.8. The number of aliphatic hydroxyl groups is 1. The molecule has 6 aliphatic rings. The summed E-state index contributed by atoms with van der Waals surface area (Å²) in [6, 6.07) is 0. The number of aliphatic hydroxyl groups excluding tert-OH is 1.